The van der Waals surface area contributed by atoms with E-state index in [4.69, 9.17) is 5.73 Å². The topological polar surface area (TPSA) is 96.6 Å². The minimum Gasteiger partial charge on any atom is -0.366 e. The number of primary amides is 1. The average molecular weight is 348 g/mol. The zero-order valence-corrected chi connectivity index (χ0v) is 14.3. The molecule has 128 valence electrons. The smallest absolute Gasteiger partial charge is 0.249 e. The van der Waals surface area contributed by atoms with Crippen molar-refractivity contribution in [3.05, 3.63) is 35.9 Å². The number of carbonyl (C=O) groups excluding carboxylic acids is 1. The van der Waals surface area contributed by atoms with Crippen molar-refractivity contribution in [2.45, 2.75) is 6.92 Å². The van der Waals surface area contributed by atoms with Crippen molar-refractivity contribution in [3.63, 3.8) is 0 Å². The molecule has 8 heteroatoms. The standard InChI is InChI=1S/C16H20N4O3S/c1-2-24(22,23)20-9-7-19(8-10-20)15-11-13(16(17)21)12-5-3-4-6-14(12)18-15/h3-6,11H,2,7-10H2,1H3,(H2,17,21). The lowest BCUT2D eigenvalue weighted by atomic mass is 10.1. The molecule has 2 aromatic rings. The summed E-state index contributed by atoms with van der Waals surface area (Å²) in [7, 11) is -3.17. The lowest BCUT2D eigenvalue weighted by molar-refractivity contribution is 0.100. The van der Waals surface area contributed by atoms with Gasteiger partial charge in [0.1, 0.15) is 5.82 Å². The molecule has 7 nitrogen and oxygen atoms in total. The van der Waals surface area contributed by atoms with Crippen molar-refractivity contribution in [1.29, 1.82) is 0 Å². The Morgan fingerprint density at radius 2 is 1.88 bits per heavy atom. The number of para-hydroxylation sites is 1. The summed E-state index contributed by atoms with van der Waals surface area (Å²) in [6.07, 6.45) is 0. The Bertz CT molecular complexity index is 874. The van der Waals surface area contributed by atoms with E-state index in [1.54, 1.807) is 13.0 Å². The highest BCUT2D eigenvalue weighted by atomic mass is 32.2. The van der Waals surface area contributed by atoms with Crippen LogP contribution in [-0.2, 0) is 10.0 Å². The molecule has 2 N–H and O–H groups in total. The van der Waals surface area contributed by atoms with Crippen LogP contribution in [0.5, 0.6) is 0 Å². The summed E-state index contributed by atoms with van der Waals surface area (Å²) in [6, 6.07) is 9.04. The van der Waals surface area contributed by atoms with Crippen molar-refractivity contribution >= 4 is 32.7 Å². The number of anilines is 1. The quantitative estimate of drug-likeness (QED) is 0.882. The number of nitrogens with two attached hydrogens (primary N) is 1. The van der Waals surface area contributed by atoms with Gasteiger partial charge in [-0.25, -0.2) is 13.4 Å². The zero-order chi connectivity index (χ0) is 17.3. The molecule has 0 atom stereocenters. The largest absolute Gasteiger partial charge is 0.366 e. The second kappa shape index (κ2) is 6.37. The van der Waals surface area contributed by atoms with Gasteiger partial charge in [0.05, 0.1) is 16.8 Å². The second-order valence-corrected chi connectivity index (χ2v) is 7.95. The van der Waals surface area contributed by atoms with Crippen LogP contribution in [0.1, 0.15) is 17.3 Å². The molecular weight excluding hydrogens is 328 g/mol. The third-order valence-corrected chi connectivity index (χ3v) is 6.17. The summed E-state index contributed by atoms with van der Waals surface area (Å²) < 4.78 is 25.4. The normalized spacial score (nSPS) is 16.5. The van der Waals surface area contributed by atoms with Crippen LogP contribution in [0, 0.1) is 0 Å². The Morgan fingerprint density at radius 3 is 2.50 bits per heavy atom. The number of carbonyl (C=O) groups is 1. The fourth-order valence-electron chi connectivity index (χ4n) is 2.91. The summed E-state index contributed by atoms with van der Waals surface area (Å²) >= 11 is 0. The monoisotopic (exact) mass is 348 g/mol. The molecule has 1 fully saturated rings. The van der Waals surface area contributed by atoms with Gasteiger partial charge in [-0.1, -0.05) is 18.2 Å². The van der Waals surface area contributed by atoms with E-state index in [2.05, 4.69) is 4.98 Å². The first-order chi connectivity index (χ1) is 11.4. The van der Waals surface area contributed by atoms with Crippen molar-refractivity contribution in [2.75, 3.05) is 36.8 Å². The fraction of sp³-hybridized carbons (Fsp3) is 0.375. The Hall–Kier alpha value is -2.19. The summed E-state index contributed by atoms with van der Waals surface area (Å²) in [6.45, 7) is 3.53. The predicted octanol–water partition coefficient (Wildman–Crippen LogP) is 0.805. The summed E-state index contributed by atoms with van der Waals surface area (Å²) in [4.78, 5) is 18.3. The highest BCUT2D eigenvalue weighted by Gasteiger charge is 2.26. The molecule has 0 spiro atoms. The molecule has 1 aliphatic rings. The first kappa shape index (κ1) is 16.7. The van der Waals surface area contributed by atoms with Gasteiger partial charge in [-0.05, 0) is 19.1 Å². The van der Waals surface area contributed by atoms with E-state index in [0.717, 1.165) is 5.39 Å². The zero-order valence-electron chi connectivity index (χ0n) is 13.5. The van der Waals surface area contributed by atoms with E-state index >= 15 is 0 Å². The first-order valence-corrected chi connectivity index (χ1v) is 9.45. The highest BCUT2D eigenvalue weighted by Crippen LogP contribution is 2.24. The fourth-order valence-corrected chi connectivity index (χ4v) is 3.99. The number of benzene rings is 1. The Kier molecular flexibility index (Phi) is 4.42. The molecule has 0 aliphatic carbocycles. The number of amides is 1. The van der Waals surface area contributed by atoms with Crippen LogP contribution in [0.25, 0.3) is 10.9 Å². The van der Waals surface area contributed by atoms with Crippen LogP contribution in [0.4, 0.5) is 5.82 Å². The van der Waals surface area contributed by atoms with Gasteiger partial charge in [-0.2, -0.15) is 4.31 Å². The molecule has 24 heavy (non-hydrogen) atoms. The van der Waals surface area contributed by atoms with Gasteiger partial charge < -0.3 is 10.6 Å². The average Bonchev–Trinajstić information content (AvgIpc) is 2.60. The molecule has 0 unspecified atom stereocenters. The van der Waals surface area contributed by atoms with Crippen LogP contribution < -0.4 is 10.6 Å². The van der Waals surface area contributed by atoms with Crippen LogP contribution in [-0.4, -0.2) is 55.5 Å². The minimum absolute atomic E-state index is 0.104. The van der Waals surface area contributed by atoms with Crippen LogP contribution in [0.15, 0.2) is 30.3 Å². The van der Waals surface area contributed by atoms with E-state index in [1.807, 2.05) is 29.2 Å². The van der Waals surface area contributed by atoms with E-state index < -0.39 is 15.9 Å². The number of hydrogen-bond acceptors (Lipinski definition) is 5. The summed E-state index contributed by atoms with van der Waals surface area (Å²) in [5, 5.41) is 0.723. The van der Waals surface area contributed by atoms with Crippen LogP contribution >= 0.6 is 0 Å². The Balaban J connectivity index is 1.90. The lowest BCUT2D eigenvalue weighted by Crippen LogP contribution is -2.49. The minimum atomic E-state index is -3.17. The molecule has 3 rings (SSSR count). The van der Waals surface area contributed by atoms with Crippen molar-refractivity contribution in [1.82, 2.24) is 9.29 Å². The van der Waals surface area contributed by atoms with Crippen LogP contribution in [0.2, 0.25) is 0 Å². The first-order valence-electron chi connectivity index (χ1n) is 7.84. The maximum absolute atomic E-state index is 11.9. The number of piperazine rings is 1. The summed E-state index contributed by atoms with van der Waals surface area (Å²) in [5.74, 6) is 0.255. The number of aromatic nitrogens is 1. The highest BCUT2D eigenvalue weighted by molar-refractivity contribution is 7.89. The van der Waals surface area contributed by atoms with Gasteiger partial charge in [0.15, 0.2) is 0 Å². The Labute approximate surface area is 141 Å². The maximum Gasteiger partial charge on any atom is 0.249 e. The van der Waals surface area contributed by atoms with E-state index in [-0.39, 0.29) is 5.75 Å². The van der Waals surface area contributed by atoms with Crippen molar-refractivity contribution < 1.29 is 13.2 Å². The van der Waals surface area contributed by atoms with Gasteiger partial charge in [-0.3, -0.25) is 4.79 Å². The van der Waals surface area contributed by atoms with Gasteiger partial charge in [0, 0.05) is 31.6 Å². The number of rotatable bonds is 4. The maximum atomic E-state index is 11.9. The van der Waals surface area contributed by atoms with E-state index in [9.17, 15) is 13.2 Å². The predicted molar refractivity (Wildman–Crippen MR) is 93.5 cm³/mol. The van der Waals surface area contributed by atoms with Crippen LogP contribution in [0.3, 0.4) is 0 Å². The molecular formula is C16H20N4O3S. The molecule has 2 heterocycles. The third kappa shape index (κ3) is 3.07. The summed E-state index contributed by atoms with van der Waals surface area (Å²) in [5.41, 5.74) is 6.63. The van der Waals surface area contributed by atoms with Crippen molar-refractivity contribution in [2.24, 2.45) is 5.73 Å². The van der Waals surface area contributed by atoms with Gasteiger partial charge in [0.2, 0.25) is 15.9 Å². The third-order valence-electron chi connectivity index (χ3n) is 4.29. The van der Waals surface area contributed by atoms with E-state index in [1.165, 1.54) is 4.31 Å². The number of pyridine rings is 1. The Morgan fingerprint density at radius 1 is 1.21 bits per heavy atom. The van der Waals surface area contributed by atoms with Gasteiger partial charge >= 0.3 is 0 Å². The molecule has 1 aliphatic heterocycles. The van der Waals surface area contributed by atoms with Gasteiger partial charge in [0.25, 0.3) is 0 Å². The SMILES string of the molecule is CCS(=O)(=O)N1CCN(c2cc(C(N)=O)c3ccccc3n2)CC1. The molecule has 0 bridgehead atoms. The molecule has 0 saturated carbocycles. The number of sulfonamides is 1. The molecule has 1 saturated heterocycles. The number of hydrogen-bond donors (Lipinski definition) is 1. The number of nitrogens with zero attached hydrogens (tertiary/aromatic N) is 3. The second-order valence-electron chi connectivity index (χ2n) is 5.70. The molecule has 0 radical (unpaired) electrons. The van der Waals surface area contributed by atoms with Crippen molar-refractivity contribution in [3.8, 4) is 0 Å². The molecule has 1 aromatic carbocycles. The molecule has 1 aromatic heterocycles. The lowest BCUT2D eigenvalue weighted by Gasteiger charge is -2.34. The van der Waals surface area contributed by atoms with E-state index in [0.29, 0.717) is 43.1 Å². The molecule has 1 amide bonds. The number of fused-ring (bicyclic) bond motifs is 1. The van der Waals surface area contributed by atoms with Gasteiger partial charge in [-0.15, -0.1) is 0 Å².